The van der Waals surface area contributed by atoms with E-state index < -0.39 is 5.41 Å². The molecule has 0 aromatic carbocycles. The lowest BCUT2D eigenvalue weighted by Gasteiger charge is -2.34. The molecule has 2 fully saturated rings. The summed E-state index contributed by atoms with van der Waals surface area (Å²) in [5.74, 6) is -0.0339. The SMILES string of the molecule is CN(C)C(=O)N1CCN(C(=O)c2ccncc2)C[C@@]2(CC(=O)N(C)C2)C1. The lowest BCUT2D eigenvalue weighted by atomic mass is 9.86. The average Bonchev–Trinajstić information content (AvgIpc) is 2.79. The lowest BCUT2D eigenvalue weighted by Crippen LogP contribution is -2.47. The van der Waals surface area contributed by atoms with Gasteiger partial charge in [-0.05, 0) is 12.1 Å². The fourth-order valence-electron chi connectivity index (χ4n) is 3.87. The van der Waals surface area contributed by atoms with Crippen LogP contribution in [0, 0.1) is 5.41 Å². The molecule has 1 aromatic heterocycles. The summed E-state index contributed by atoms with van der Waals surface area (Å²) in [5, 5.41) is 0. The fraction of sp³-hybridized carbons (Fsp3) is 0.556. The van der Waals surface area contributed by atoms with Crippen molar-refractivity contribution < 1.29 is 14.4 Å². The Hall–Kier alpha value is -2.64. The maximum atomic E-state index is 13.0. The van der Waals surface area contributed by atoms with Gasteiger partial charge in [-0.3, -0.25) is 14.6 Å². The summed E-state index contributed by atoms with van der Waals surface area (Å²) in [4.78, 5) is 48.4. The first kappa shape index (κ1) is 18.2. The molecule has 0 radical (unpaired) electrons. The van der Waals surface area contributed by atoms with Crippen LogP contribution >= 0.6 is 0 Å². The minimum atomic E-state index is -0.434. The van der Waals surface area contributed by atoms with Crippen molar-refractivity contribution in [2.24, 2.45) is 5.41 Å². The third kappa shape index (κ3) is 3.49. The van der Waals surface area contributed by atoms with Crippen LogP contribution in [0.25, 0.3) is 0 Å². The van der Waals surface area contributed by atoms with E-state index in [9.17, 15) is 14.4 Å². The molecule has 4 amide bonds. The van der Waals surface area contributed by atoms with Crippen LogP contribution in [0.5, 0.6) is 0 Å². The van der Waals surface area contributed by atoms with Crippen LogP contribution in [0.1, 0.15) is 16.8 Å². The summed E-state index contributed by atoms with van der Waals surface area (Å²) in [5.41, 5.74) is 0.136. The Bertz CT molecular complexity index is 708. The first-order valence-corrected chi connectivity index (χ1v) is 8.71. The monoisotopic (exact) mass is 359 g/mol. The Morgan fingerprint density at radius 1 is 1.08 bits per heavy atom. The topological polar surface area (TPSA) is 77.1 Å². The highest BCUT2D eigenvalue weighted by molar-refractivity contribution is 5.94. The second-order valence-corrected chi connectivity index (χ2v) is 7.49. The predicted octanol–water partition coefficient (Wildman–Crippen LogP) is 0.370. The quantitative estimate of drug-likeness (QED) is 0.726. The van der Waals surface area contributed by atoms with Crippen molar-refractivity contribution >= 4 is 17.8 Å². The van der Waals surface area contributed by atoms with E-state index in [2.05, 4.69) is 4.98 Å². The molecule has 3 rings (SSSR count). The average molecular weight is 359 g/mol. The number of amides is 4. The maximum absolute atomic E-state index is 13.0. The van der Waals surface area contributed by atoms with E-state index in [0.29, 0.717) is 44.7 Å². The Labute approximate surface area is 153 Å². The van der Waals surface area contributed by atoms with Gasteiger partial charge in [-0.25, -0.2) is 4.79 Å². The molecule has 2 saturated heterocycles. The number of aromatic nitrogens is 1. The van der Waals surface area contributed by atoms with Crippen molar-refractivity contribution in [3.63, 3.8) is 0 Å². The van der Waals surface area contributed by atoms with Gasteiger partial charge >= 0.3 is 6.03 Å². The van der Waals surface area contributed by atoms with Crippen molar-refractivity contribution in [3.05, 3.63) is 30.1 Å². The van der Waals surface area contributed by atoms with E-state index in [1.807, 2.05) is 0 Å². The molecule has 0 unspecified atom stereocenters. The van der Waals surface area contributed by atoms with Gasteiger partial charge in [0.1, 0.15) is 0 Å². The zero-order valence-corrected chi connectivity index (χ0v) is 15.5. The third-order valence-corrected chi connectivity index (χ3v) is 5.08. The smallest absolute Gasteiger partial charge is 0.319 e. The third-order valence-electron chi connectivity index (χ3n) is 5.08. The highest BCUT2D eigenvalue weighted by Gasteiger charge is 2.47. The molecule has 0 saturated carbocycles. The molecule has 8 nitrogen and oxygen atoms in total. The highest BCUT2D eigenvalue weighted by Crippen LogP contribution is 2.35. The van der Waals surface area contributed by atoms with Gasteiger partial charge in [0.25, 0.3) is 5.91 Å². The molecular formula is C18H25N5O3. The van der Waals surface area contributed by atoms with Crippen LogP contribution in [0.3, 0.4) is 0 Å². The Morgan fingerprint density at radius 3 is 2.27 bits per heavy atom. The predicted molar refractivity (Wildman–Crippen MR) is 95.5 cm³/mol. The number of hydrogen-bond donors (Lipinski definition) is 0. The van der Waals surface area contributed by atoms with E-state index in [-0.39, 0.29) is 17.8 Å². The van der Waals surface area contributed by atoms with Crippen LogP contribution in [-0.2, 0) is 4.79 Å². The van der Waals surface area contributed by atoms with Crippen molar-refractivity contribution in [2.75, 3.05) is 53.9 Å². The van der Waals surface area contributed by atoms with Gasteiger partial charge in [-0.1, -0.05) is 0 Å². The van der Waals surface area contributed by atoms with Crippen molar-refractivity contribution in [1.82, 2.24) is 24.6 Å². The summed E-state index contributed by atoms with van der Waals surface area (Å²) in [7, 11) is 5.20. The molecule has 2 aliphatic heterocycles. The van der Waals surface area contributed by atoms with Gasteiger partial charge < -0.3 is 19.6 Å². The number of carbonyl (C=O) groups excluding carboxylic acids is 3. The lowest BCUT2D eigenvalue weighted by molar-refractivity contribution is -0.126. The van der Waals surface area contributed by atoms with Gasteiger partial charge in [0.2, 0.25) is 5.91 Å². The second kappa shape index (κ2) is 6.93. The highest BCUT2D eigenvalue weighted by atomic mass is 16.2. The van der Waals surface area contributed by atoms with Crippen molar-refractivity contribution in [3.8, 4) is 0 Å². The number of hydrogen-bond acceptors (Lipinski definition) is 4. The summed E-state index contributed by atoms with van der Waals surface area (Å²) < 4.78 is 0. The molecule has 2 aliphatic rings. The minimum absolute atomic E-state index is 0.0560. The molecule has 26 heavy (non-hydrogen) atoms. The summed E-state index contributed by atoms with van der Waals surface area (Å²) in [6, 6.07) is 3.29. The normalized spacial score (nSPS) is 23.3. The second-order valence-electron chi connectivity index (χ2n) is 7.49. The molecule has 0 bridgehead atoms. The van der Waals surface area contributed by atoms with E-state index >= 15 is 0 Å². The van der Waals surface area contributed by atoms with Crippen LogP contribution in [0.4, 0.5) is 4.79 Å². The van der Waals surface area contributed by atoms with Gasteiger partial charge in [0.05, 0.1) is 0 Å². The number of urea groups is 1. The number of pyridine rings is 1. The van der Waals surface area contributed by atoms with E-state index in [1.54, 1.807) is 60.4 Å². The van der Waals surface area contributed by atoms with Crippen molar-refractivity contribution in [2.45, 2.75) is 6.42 Å². The Balaban J connectivity index is 1.88. The molecule has 0 N–H and O–H groups in total. The van der Waals surface area contributed by atoms with Crippen LogP contribution in [0.2, 0.25) is 0 Å². The number of carbonyl (C=O) groups is 3. The number of rotatable bonds is 1. The molecular weight excluding hydrogens is 334 g/mol. The first-order valence-electron chi connectivity index (χ1n) is 8.71. The van der Waals surface area contributed by atoms with Crippen LogP contribution in [-0.4, -0.2) is 96.3 Å². The molecule has 1 atom stereocenters. The minimum Gasteiger partial charge on any atom is -0.345 e. The molecule has 1 spiro atoms. The standard InChI is InChI=1S/C18H25N5O3/c1-20(2)17(26)23-9-8-22(16(25)14-4-6-19-7-5-14)12-18(13-23)10-15(24)21(3)11-18/h4-7H,8-13H2,1-3H3/t18-/m0/s1. The van der Waals surface area contributed by atoms with E-state index in [4.69, 9.17) is 0 Å². The van der Waals surface area contributed by atoms with Crippen LogP contribution in [0.15, 0.2) is 24.5 Å². The molecule has 8 heteroatoms. The van der Waals surface area contributed by atoms with Gasteiger partial charge in [-0.15, -0.1) is 0 Å². The molecule has 0 aliphatic carbocycles. The van der Waals surface area contributed by atoms with Crippen LogP contribution < -0.4 is 0 Å². The zero-order valence-electron chi connectivity index (χ0n) is 15.5. The largest absolute Gasteiger partial charge is 0.345 e. The first-order chi connectivity index (χ1) is 12.3. The molecule has 1 aromatic rings. The maximum Gasteiger partial charge on any atom is 0.319 e. The van der Waals surface area contributed by atoms with E-state index in [0.717, 1.165) is 0 Å². The van der Waals surface area contributed by atoms with Crippen molar-refractivity contribution in [1.29, 1.82) is 0 Å². The fourth-order valence-corrected chi connectivity index (χ4v) is 3.87. The Morgan fingerprint density at radius 2 is 1.69 bits per heavy atom. The zero-order chi connectivity index (χ0) is 18.9. The van der Waals surface area contributed by atoms with E-state index in [1.165, 1.54) is 4.90 Å². The molecule has 3 heterocycles. The summed E-state index contributed by atoms with van der Waals surface area (Å²) in [6.45, 7) is 2.37. The number of likely N-dealkylation sites (tertiary alicyclic amines) is 1. The molecule has 140 valence electrons. The summed E-state index contributed by atoms with van der Waals surface area (Å²) >= 11 is 0. The Kier molecular flexibility index (Phi) is 4.84. The van der Waals surface area contributed by atoms with Gasteiger partial charge in [0.15, 0.2) is 0 Å². The van der Waals surface area contributed by atoms with Gasteiger partial charge in [0, 0.05) is 83.7 Å². The number of nitrogens with zero attached hydrogens (tertiary/aromatic N) is 5. The van der Waals surface area contributed by atoms with Gasteiger partial charge in [-0.2, -0.15) is 0 Å². The summed E-state index contributed by atoms with van der Waals surface area (Å²) in [6.07, 6.45) is 3.53.